The van der Waals surface area contributed by atoms with Crippen LogP contribution in [0.4, 0.5) is 11.4 Å². The van der Waals surface area contributed by atoms with Crippen molar-refractivity contribution in [3.8, 4) is 0 Å². The quantitative estimate of drug-likeness (QED) is 0.587. The highest BCUT2D eigenvalue weighted by atomic mass is 35.5. The van der Waals surface area contributed by atoms with Crippen molar-refractivity contribution in [3.05, 3.63) is 106 Å². The van der Waals surface area contributed by atoms with Crippen molar-refractivity contribution in [2.75, 3.05) is 10.6 Å². The number of benzene rings is 3. The van der Waals surface area contributed by atoms with Crippen molar-refractivity contribution in [2.24, 2.45) is 0 Å². The molecule has 1 aliphatic carbocycles. The Balaban J connectivity index is 1.48. The summed E-state index contributed by atoms with van der Waals surface area (Å²) in [6, 6.07) is 22.5. The molecule has 144 valence electrons. The Hall–Kier alpha value is -3.37. The molecule has 4 nitrogen and oxygen atoms in total. The summed E-state index contributed by atoms with van der Waals surface area (Å²) in [6.45, 7) is 2.74. The number of aryl methyl sites for hydroxylation is 1. The van der Waals surface area contributed by atoms with Crippen molar-refractivity contribution in [1.82, 2.24) is 0 Å². The molecule has 0 saturated carbocycles. The molecule has 0 radical (unpaired) electrons. The molecule has 0 bridgehead atoms. The molecule has 3 aromatic rings. The van der Waals surface area contributed by atoms with Crippen LogP contribution >= 0.6 is 11.6 Å². The minimum Gasteiger partial charge on any atom is -0.381 e. The summed E-state index contributed by atoms with van der Waals surface area (Å²) in [5.74, 6) is -0.626. The predicted molar refractivity (Wildman–Crippen MR) is 117 cm³/mol. The summed E-state index contributed by atoms with van der Waals surface area (Å²) < 4.78 is 0. The van der Waals surface area contributed by atoms with Gasteiger partial charge in [0.2, 0.25) is 11.6 Å². The smallest absolute Gasteiger partial charge is 0.211 e. The van der Waals surface area contributed by atoms with Gasteiger partial charge < -0.3 is 10.6 Å². The van der Waals surface area contributed by atoms with E-state index in [1.807, 2.05) is 36.4 Å². The molecule has 4 rings (SSSR count). The predicted octanol–water partition coefficient (Wildman–Crippen LogP) is 5.55. The number of hydrogen-bond acceptors (Lipinski definition) is 4. The Bertz CT molecular complexity index is 1130. The van der Waals surface area contributed by atoms with Gasteiger partial charge >= 0.3 is 0 Å². The maximum atomic E-state index is 12.8. The second-order valence-corrected chi connectivity index (χ2v) is 7.32. The highest BCUT2D eigenvalue weighted by Crippen LogP contribution is 2.29. The summed E-state index contributed by atoms with van der Waals surface area (Å²) in [4.78, 5) is 25.2. The third-order valence-corrected chi connectivity index (χ3v) is 5.16. The molecule has 0 spiro atoms. The van der Waals surface area contributed by atoms with E-state index in [9.17, 15) is 9.59 Å². The zero-order valence-corrected chi connectivity index (χ0v) is 16.6. The van der Waals surface area contributed by atoms with Crippen LogP contribution in [0.1, 0.15) is 31.8 Å². The molecular weight excluding hydrogens is 384 g/mol. The van der Waals surface area contributed by atoms with Gasteiger partial charge in [-0.2, -0.15) is 0 Å². The number of Topliss-reactive ketones (excluding diaryl/α,β-unsaturated/α-hetero) is 2. The van der Waals surface area contributed by atoms with Crippen molar-refractivity contribution >= 4 is 34.5 Å². The van der Waals surface area contributed by atoms with E-state index < -0.39 is 0 Å². The first kappa shape index (κ1) is 19.0. The van der Waals surface area contributed by atoms with Gasteiger partial charge in [0, 0.05) is 29.0 Å². The molecule has 29 heavy (non-hydrogen) atoms. The van der Waals surface area contributed by atoms with Gasteiger partial charge in [-0.3, -0.25) is 9.59 Å². The molecule has 0 atom stereocenters. The molecule has 2 N–H and O–H groups in total. The summed E-state index contributed by atoms with van der Waals surface area (Å²) in [5, 5.41) is 6.32. The number of rotatable bonds is 5. The molecule has 0 amide bonds. The molecule has 0 heterocycles. The maximum absolute atomic E-state index is 12.8. The topological polar surface area (TPSA) is 58.2 Å². The van der Waals surface area contributed by atoms with Gasteiger partial charge in [-0.25, -0.2) is 0 Å². The summed E-state index contributed by atoms with van der Waals surface area (Å²) >= 11 is 6.20. The summed E-state index contributed by atoms with van der Waals surface area (Å²) in [6.07, 6.45) is 0. The van der Waals surface area contributed by atoms with E-state index in [0.29, 0.717) is 23.4 Å². The number of hydrogen-bond donors (Lipinski definition) is 2. The first-order valence-electron chi connectivity index (χ1n) is 9.27. The first-order valence-corrected chi connectivity index (χ1v) is 9.65. The van der Waals surface area contributed by atoms with Gasteiger partial charge in [0.15, 0.2) is 0 Å². The highest BCUT2D eigenvalue weighted by Gasteiger charge is 2.31. The number of anilines is 2. The van der Waals surface area contributed by atoms with Crippen LogP contribution in [0.25, 0.3) is 0 Å². The van der Waals surface area contributed by atoms with Gasteiger partial charge in [0.05, 0.1) is 0 Å². The van der Waals surface area contributed by atoms with Gasteiger partial charge in [-0.1, -0.05) is 60.1 Å². The van der Waals surface area contributed by atoms with Crippen LogP contribution in [0.15, 0.2) is 83.5 Å². The van der Waals surface area contributed by atoms with Crippen LogP contribution in [0.5, 0.6) is 0 Å². The second kappa shape index (κ2) is 7.94. The summed E-state index contributed by atoms with van der Waals surface area (Å²) in [7, 11) is 0. The van der Waals surface area contributed by atoms with Crippen LogP contribution in [0.2, 0.25) is 0 Å². The van der Waals surface area contributed by atoms with Crippen molar-refractivity contribution in [1.29, 1.82) is 0 Å². The zero-order valence-electron chi connectivity index (χ0n) is 15.8. The Morgan fingerprint density at radius 3 is 2.17 bits per heavy atom. The Labute approximate surface area is 174 Å². The summed E-state index contributed by atoms with van der Waals surface area (Å²) in [5.41, 5.74) is 4.86. The van der Waals surface area contributed by atoms with Crippen LogP contribution in [-0.4, -0.2) is 11.6 Å². The lowest BCUT2D eigenvalue weighted by Crippen LogP contribution is -2.24. The number of nitrogens with one attached hydrogen (secondary N) is 2. The molecular formula is C24H19ClN2O2. The highest BCUT2D eigenvalue weighted by molar-refractivity contribution is 6.50. The largest absolute Gasteiger partial charge is 0.381 e. The molecule has 0 saturated heterocycles. The molecule has 1 aliphatic rings. The average molecular weight is 403 g/mol. The fourth-order valence-corrected chi connectivity index (χ4v) is 3.50. The fraction of sp³-hybridized carbons (Fsp3) is 0.0833. The van der Waals surface area contributed by atoms with Gasteiger partial charge in [0.1, 0.15) is 10.7 Å². The van der Waals surface area contributed by atoms with E-state index in [1.54, 1.807) is 24.3 Å². The minimum absolute atomic E-state index is 0.0844. The average Bonchev–Trinajstić information content (AvgIpc) is 2.74. The SMILES string of the molecule is Cc1cccc(NCc2ccc(NC3=C(Cl)C(=O)c4ccccc4C3=O)cc2)c1. The van der Waals surface area contributed by atoms with E-state index in [4.69, 9.17) is 11.6 Å². The lowest BCUT2D eigenvalue weighted by Gasteiger charge is -2.19. The number of allylic oxidation sites excluding steroid dienone is 2. The zero-order chi connectivity index (χ0) is 20.4. The third-order valence-electron chi connectivity index (χ3n) is 4.80. The van der Waals surface area contributed by atoms with Crippen LogP contribution in [0, 0.1) is 6.92 Å². The Kier molecular flexibility index (Phi) is 5.19. The van der Waals surface area contributed by atoms with Crippen molar-refractivity contribution in [3.63, 3.8) is 0 Å². The van der Waals surface area contributed by atoms with Crippen LogP contribution in [-0.2, 0) is 6.54 Å². The fourth-order valence-electron chi connectivity index (χ4n) is 3.27. The number of fused-ring (bicyclic) bond motifs is 1. The Morgan fingerprint density at radius 2 is 1.48 bits per heavy atom. The lowest BCUT2D eigenvalue weighted by atomic mass is 9.92. The maximum Gasteiger partial charge on any atom is 0.211 e. The number of carbonyl (C=O) groups is 2. The Morgan fingerprint density at radius 1 is 0.793 bits per heavy atom. The molecule has 0 unspecified atom stereocenters. The molecule has 0 aromatic heterocycles. The minimum atomic E-state index is -0.344. The van der Waals surface area contributed by atoms with E-state index >= 15 is 0 Å². The third kappa shape index (κ3) is 3.93. The number of ketones is 2. The normalized spacial score (nSPS) is 13.3. The van der Waals surface area contributed by atoms with Crippen molar-refractivity contribution < 1.29 is 9.59 Å². The monoisotopic (exact) mass is 402 g/mol. The first-order chi connectivity index (χ1) is 14.0. The lowest BCUT2D eigenvalue weighted by molar-refractivity contribution is 0.0982. The second-order valence-electron chi connectivity index (χ2n) is 6.94. The standard InChI is InChI=1S/C24H19ClN2O2/c1-15-5-4-6-18(13-15)26-14-16-9-11-17(12-10-16)27-22-21(25)23(28)19-7-2-3-8-20(19)24(22)29/h2-13,26-27H,14H2,1H3. The van der Waals surface area contributed by atoms with Gasteiger partial charge in [0.25, 0.3) is 0 Å². The van der Waals surface area contributed by atoms with Gasteiger partial charge in [-0.05, 0) is 42.3 Å². The van der Waals surface area contributed by atoms with Crippen LogP contribution in [0.3, 0.4) is 0 Å². The molecule has 5 heteroatoms. The number of carbonyl (C=O) groups excluding carboxylic acids is 2. The molecule has 0 aliphatic heterocycles. The molecule has 3 aromatic carbocycles. The van der Waals surface area contributed by atoms with E-state index in [-0.39, 0.29) is 22.3 Å². The van der Waals surface area contributed by atoms with E-state index in [0.717, 1.165) is 11.3 Å². The van der Waals surface area contributed by atoms with Crippen molar-refractivity contribution in [2.45, 2.75) is 13.5 Å². The van der Waals surface area contributed by atoms with E-state index in [1.165, 1.54) is 5.56 Å². The molecule has 0 fully saturated rings. The number of halogens is 1. The van der Waals surface area contributed by atoms with E-state index in [2.05, 4.69) is 29.7 Å². The van der Waals surface area contributed by atoms with Gasteiger partial charge in [-0.15, -0.1) is 0 Å². The van der Waals surface area contributed by atoms with Crippen LogP contribution < -0.4 is 10.6 Å².